The Labute approximate surface area is 114 Å². The van der Waals surface area contributed by atoms with Crippen LogP contribution in [0.1, 0.15) is 5.56 Å². The van der Waals surface area contributed by atoms with Crippen molar-refractivity contribution >= 4 is 5.91 Å². The van der Waals surface area contributed by atoms with E-state index >= 15 is 0 Å². The number of hydrogen-bond acceptors (Lipinski definition) is 4. The van der Waals surface area contributed by atoms with E-state index in [-0.39, 0.29) is 11.8 Å². The average molecular weight is 265 g/mol. The van der Waals surface area contributed by atoms with E-state index in [1.165, 1.54) is 0 Å². The Balaban J connectivity index is 1.95. The van der Waals surface area contributed by atoms with Crippen LogP contribution in [0.4, 0.5) is 0 Å². The molecule has 0 aliphatic carbocycles. The van der Waals surface area contributed by atoms with Crippen molar-refractivity contribution in [2.45, 2.75) is 6.42 Å². The summed E-state index contributed by atoms with van der Waals surface area (Å²) in [5.74, 6) is 0.0482. The summed E-state index contributed by atoms with van der Waals surface area (Å²) in [6.07, 6.45) is 4.43. The lowest BCUT2D eigenvalue weighted by Crippen LogP contribution is -2.50. The number of nitrogens with zero attached hydrogens (tertiary/aromatic N) is 4. The van der Waals surface area contributed by atoms with Crippen LogP contribution in [0.15, 0.2) is 12.4 Å². The van der Waals surface area contributed by atoms with Gasteiger partial charge < -0.3 is 15.5 Å². The van der Waals surface area contributed by atoms with Crippen molar-refractivity contribution in [3.8, 4) is 0 Å². The molecule has 0 aromatic carbocycles. The zero-order valence-corrected chi connectivity index (χ0v) is 11.7. The number of carbonyl (C=O) groups excluding carboxylic acids is 1. The topological polar surface area (TPSA) is 67.4 Å². The van der Waals surface area contributed by atoms with Gasteiger partial charge >= 0.3 is 0 Å². The minimum Gasteiger partial charge on any atom is -0.340 e. The number of carbonyl (C=O) groups is 1. The largest absolute Gasteiger partial charge is 0.340 e. The van der Waals surface area contributed by atoms with Crippen molar-refractivity contribution in [3.05, 3.63) is 18.0 Å². The molecule has 6 heteroatoms. The van der Waals surface area contributed by atoms with Gasteiger partial charge in [0.05, 0.1) is 12.1 Å². The van der Waals surface area contributed by atoms with Gasteiger partial charge in [0.2, 0.25) is 5.91 Å². The lowest BCUT2D eigenvalue weighted by Gasteiger charge is -2.34. The molecular formula is C13H23N5O. The number of aryl methyl sites for hydroxylation is 1. The van der Waals surface area contributed by atoms with Gasteiger partial charge in [-0.3, -0.25) is 9.48 Å². The summed E-state index contributed by atoms with van der Waals surface area (Å²) >= 11 is 0. The molecule has 0 radical (unpaired) electrons. The van der Waals surface area contributed by atoms with Crippen molar-refractivity contribution in [2.24, 2.45) is 18.7 Å². The Morgan fingerprint density at radius 3 is 2.58 bits per heavy atom. The molecule has 1 aromatic rings. The Hall–Kier alpha value is -1.40. The third-order valence-corrected chi connectivity index (χ3v) is 3.69. The quantitative estimate of drug-likeness (QED) is 0.782. The van der Waals surface area contributed by atoms with Crippen LogP contribution >= 0.6 is 0 Å². The molecule has 1 saturated heterocycles. The average Bonchev–Trinajstić information content (AvgIpc) is 2.81. The van der Waals surface area contributed by atoms with Crippen LogP contribution in [-0.4, -0.2) is 65.3 Å². The number of aromatic nitrogens is 2. The van der Waals surface area contributed by atoms with Gasteiger partial charge in [0.1, 0.15) is 0 Å². The normalized spacial score (nSPS) is 18.6. The van der Waals surface area contributed by atoms with Crippen LogP contribution in [0, 0.1) is 5.92 Å². The maximum absolute atomic E-state index is 12.4. The van der Waals surface area contributed by atoms with Gasteiger partial charge in [0.15, 0.2) is 0 Å². The van der Waals surface area contributed by atoms with E-state index in [0.29, 0.717) is 13.0 Å². The fourth-order valence-electron chi connectivity index (χ4n) is 2.42. The second kappa shape index (κ2) is 6.16. The Kier molecular flexibility index (Phi) is 4.55. The minimum absolute atomic E-state index is 0.132. The first-order valence-corrected chi connectivity index (χ1v) is 6.75. The first kappa shape index (κ1) is 14.0. The van der Waals surface area contributed by atoms with Crippen molar-refractivity contribution in [1.29, 1.82) is 0 Å². The van der Waals surface area contributed by atoms with Crippen molar-refractivity contribution in [3.63, 3.8) is 0 Å². The zero-order chi connectivity index (χ0) is 13.8. The summed E-state index contributed by atoms with van der Waals surface area (Å²) in [6.45, 7) is 3.88. The Bertz CT molecular complexity index is 422. The molecule has 19 heavy (non-hydrogen) atoms. The number of likely N-dealkylation sites (N-methyl/N-ethyl adjacent to an activating group) is 1. The Morgan fingerprint density at radius 2 is 2.05 bits per heavy atom. The number of hydrogen-bond donors (Lipinski definition) is 1. The zero-order valence-electron chi connectivity index (χ0n) is 11.7. The van der Waals surface area contributed by atoms with E-state index in [9.17, 15) is 4.79 Å². The summed E-state index contributed by atoms with van der Waals surface area (Å²) in [5.41, 5.74) is 6.85. The second-order valence-electron chi connectivity index (χ2n) is 5.29. The molecule has 1 aromatic heterocycles. The summed E-state index contributed by atoms with van der Waals surface area (Å²) in [4.78, 5) is 16.6. The molecule has 1 aliphatic rings. The second-order valence-corrected chi connectivity index (χ2v) is 5.29. The van der Waals surface area contributed by atoms with Gasteiger partial charge in [-0.1, -0.05) is 0 Å². The van der Waals surface area contributed by atoms with Crippen molar-refractivity contribution in [2.75, 3.05) is 39.8 Å². The van der Waals surface area contributed by atoms with Crippen LogP contribution in [-0.2, 0) is 18.3 Å². The molecule has 2 N–H and O–H groups in total. The van der Waals surface area contributed by atoms with Gasteiger partial charge in [-0.2, -0.15) is 5.10 Å². The van der Waals surface area contributed by atoms with E-state index in [1.807, 2.05) is 18.1 Å². The van der Waals surface area contributed by atoms with E-state index < -0.39 is 0 Å². The highest BCUT2D eigenvalue weighted by Gasteiger charge is 2.26. The van der Waals surface area contributed by atoms with Crippen LogP contribution in [0.3, 0.4) is 0 Å². The van der Waals surface area contributed by atoms with Gasteiger partial charge in [-0.05, 0) is 19.0 Å². The van der Waals surface area contributed by atoms with Crippen molar-refractivity contribution in [1.82, 2.24) is 19.6 Å². The molecule has 2 rings (SSSR count). The van der Waals surface area contributed by atoms with Crippen molar-refractivity contribution < 1.29 is 4.79 Å². The lowest BCUT2D eigenvalue weighted by molar-refractivity contribution is -0.136. The summed E-state index contributed by atoms with van der Waals surface area (Å²) < 4.78 is 1.75. The molecule has 1 amide bonds. The first-order chi connectivity index (χ1) is 9.10. The van der Waals surface area contributed by atoms with Gasteiger partial charge in [0, 0.05) is 46.0 Å². The number of piperazine rings is 1. The third-order valence-electron chi connectivity index (χ3n) is 3.69. The highest BCUT2D eigenvalue weighted by Crippen LogP contribution is 2.12. The number of rotatable bonds is 4. The predicted molar refractivity (Wildman–Crippen MR) is 73.5 cm³/mol. The third kappa shape index (κ3) is 3.54. The van der Waals surface area contributed by atoms with E-state index in [0.717, 1.165) is 31.7 Å². The monoisotopic (exact) mass is 265 g/mol. The van der Waals surface area contributed by atoms with Gasteiger partial charge in [-0.25, -0.2) is 0 Å². The fourth-order valence-corrected chi connectivity index (χ4v) is 2.42. The molecule has 1 aliphatic heterocycles. The van der Waals surface area contributed by atoms with Crippen LogP contribution < -0.4 is 5.73 Å². The molecule has 1 atom stereocenters. The van der Waals surface area contributed by atoms with E-state index in [4.69, 9.17) is 5.73 Å². The minimum atomic E-state index is -0.132. The van der Waals surface area contributed by atoms with E-state index in [1.54, 1.807) is 10.9 Å². The summed E-state index contributed by atoms with van der Waals surface area (Å²) in [5, 5.41) is 4.13. The van der Waals surface area contributed by atoms with Crippen LogP contribution in [0.5, 0.6) is 0 Å². The van der Waals surface area contributed by atoms with E-state index in [2.05, 4.69) is 17.0 Å². The van der Waals surface area contributed by atoms with Crippen LogP contribution in [0.2, 0.25) is 0 Å². The molecule has 0 spiro atoms. The molecule has 106 valence electrons. The standard InChI is InChI=1S/C13H23N5O/c1-16-3-5-18(6-4-16)13(19)12(8-14)7-11-9-15-17(2)10-11/h9-10,12H,3-8,14H2,1-2H3. The molecule has 1 unspecified atom stereocenters. The number of nitrogens with two attached hydrogens (primary N) is 1. The molecule has 2 heterocycles. The summed E-state index contributed by atoms with van der Waals surface area (Å²) in [6, 6.07) is 0. The smallest absolute Gasteiger partial charge is 0.227 e. The molecular weight excluding hydrogens is 242 g/mol. The van der Waals surface area contributed by atoms with Crippen LogP contribution in [0.25, 0.3) is 0 Å². The fraction of sp³-hybridized carbons (Fsp3) is 0.692. The molecule has 1 fully saturated rings. The first-order valence-electron chi connectivity index (χ1n) is 6.75. The predicted octanol–water partition coefficient (Wildman–Crippen LogP) is -0.688. The maximum atomic E-state index is 12.4. The molecule has 0 bridgehead atoms. The maximum Gasteiger partial charge on any atom is 0.227 e. The SMILES string of the molecule is CN1CCN(C(=O)C(CN)Cc2cnn(C)c2)CC1. The highest BCUT2D eigenvalue weighted by atomic mass is 16.2. The van der Waals surface area contributed by atoms with Gasteiger partial charge in [0.25, 0.3) is 0 Å². The summed E-state index contributed by atoms with van der Waals surface area (Å²) in [7, 11) is 3.96. The highest BCUT2D eigenvalue weighted by molar-refractivity contribution is 5.79. The molecule has 0 saturated carbocycles. The van der Waals surface area contributed by atoms with Gasteiger partial charge in [-0.15, -0.1) is 0 Å². The lowest BCUT2D eigenvalue weighted by atomic mass is 10.00. The Morgan fingerprint density at radius 1 is 1.37 bits per heavy atom. The molecule has 6 nitrogen and oxygen atoms in total. The number of amides is 1.